The fourth-order valence-electron chi connectivity index (χ4n) is 5.70. The van der Waals surface area contributed by atoms with E-state index in [9.17, 15) is 19.5 Å². The summed E-state index contributed by atoms with van der Waals surface area (Å²) in [5.74, 6) is -1.89. The third-order valence-corrected chi connectivity index (χ3v) is 9.06. The first kappa shape index (κ1) is 52.5. The summed E-state index contributed by atoms with van der Waals surface area (Å²) < 4.78 is 17.0. The Balaban J connectivity index is 4.54. The van der Waals surface area contributed by atoms with Crippen LogP contribution in [0.5, 0.6) is 0 Å². The summed E-state index contributed by atoms with van der Waals surface area (Å²) >= 11 is 0. The van der Waals surface area contributed by atoms with E-state index in [0.717, 1.165) is 64.2 Å². The van der Waals surface area contributed by atoms with Crippen molar-refractivity contribution in [3.63, 3.8) is 0 Å². The number of carbonyl (C=O) groups is 3. The van der Waals surface area contributed by atoms with Crippen molar-refractivity contribution in [2.75, 3.05) is 41.0 Å². The molecule has 0 fully saturated rings. The van der Waals surface area contributed by atoms with Crippen molar-refractivity contribution in [2.24, 2.45) is 0 Å². The lowest BCUT2D eigenvalue weighted by Crippen LogP contribution is -2.55. The second kappa shape index (κ2) is 38.4. The number of ether oxygens (including phenoxy) is 3. The first-order valence-corrected chi connectivity index (χ1v) is 21.6. The van der Waals surface area contributed by atoms with Gasteiger partial charge in [0, 0.05) is 19.3 Å². The number of carbonyl (C=O) groups excluding carboxylic acids is 3. The molecular formula is C48H79NO7. The van der Waals surface area contributed by atoms with Gasteiger partial charge in [0.05, 0.1) is 40.3 Å². The lowest BCUT2D eigenvalue weighted by Gasteiger charge is -2.34. The monoisotopic (exact) mass is 782 g/mol. The molecule has 0 spiro atoms. The molecular weight excluding hydrogens is 703 g/mol. The average molecular weight is 782 g/mol. The smallest absolute Gasteiger partial charge is 0.306 e. The number of likely N-dealkylation sites (N-methyl/N-ethyl adjacent to an activating group) is 1. The van der Waals surface area contributed by atoms with Crippen LogP contribution in [0.3, 0.4) is 0 Å². The highest BCUT2D eigenvalue weighted by Gasteiger charge is 2.25. The molecule has 0 aliphatic heterocycles. The SMILES string of the molecule is CC/C=C/C/C=C/C/C=C/C/C=C/C/C=C/CCC(=O)OC(COCCC(C(=O)[O-])[N+](C)(C)C)COC(=O)CCCCC/C=C/C=C/CCCCCCCCC. The zero-order valence-electron chi connectivity index (χ0n) is 36.0. The molecule has 0 aromatic heterocycles. The van der Waals surface area contributed by atoms with E-state index < -0.39 is 24.1 Å². The first-order chi connectivity index (χ1) is 27.1. The van der Waals surface area contributed by atoms with Gasteiger partial charge >= 0.3 is 11.9 Å². The average Bonchev–Trinajstić information content (AvgIpc) is 3.15. The molecule has 318 valence electrons. The Kier molecular flexibility index (Phi) is 36.0. The number of hydrogen-bond acceptors (Lipinski definition) is 7. The summed E-state index contributed by atoms with van der Waals surface area (Å²) in [6, 6.07) is -0.746. The summed E-state index contributed by atoms with van der Waals surface area (Å²) in [5.41, 5.74) is 0. The van der Waals surface area contributed by atoms with E-state index in [1.807, 2.05) is 12.2 Å². The quantitative estimate of drug-likeness (QED) is 0.0203. The molecule has 0 N–H and O–H groups in total. The normalized spacial score (nSPS) is 13.8. The molecule has 0 saturated heterocycles. The first-order valence-electron chi connectivity index (χ1n) is 21.6. The molecule has 8 nitrogen and oxygen atoms in total. The van der Waals surface area contributed by atoms with Crippen LogP contribution in [0.1, 0.15) is 149 Å². The highest BCUT2D eigenvalue weighted by Crippen LogP contribution is 2.11. The van der Waals surface area contributed by atoms with E-state index in [4.69, 9.17) is 14.2 Å². The molecule has 0 bridgehead atoms. The molecule has 0 rings (SSSR count). The maximum Gasteiger partial charge on any atom is 0.306 e. The maximum absolute atomic E-state index is 12.7. The minimum Gasteiger partial charge on any atom is -0.544 e. The lowest BCUT2D eigenvalue weighted by molar-refractivity contribution is -0.889. The van der Waals surface area contributed by atoms with Crippen molar-refractivity contribution in [3.05, 3.63) is 85.1 Å². The molecule has 0 heterocycles. The van der Waals surface area contributed by atoms with Gasteiger partial charge in [-0.2, -0.15) is 0 Å². The second-order valence-electron chi connectivity index (χ2n) is 15.2. The molecule has 0 aromatic rings. The van der Waals surface area contributed by atoms with Gasteiger partial charge in [0.15, 0.2) is 6.10 Å². The van der Waals surface area contributed by atoms with Crippen LogP contribution in [0, 0.1) is 0 Å². The van der Waals surface area contributed by atoms with E-state index >= 15 is 0 Å². The Bertz CT molecular complexity index is 1190. The van der Waals surface area contributed by atoms with Gasteiger partial charge in [-0.3, -0.25) is 9.59 Å². The van der Waals surface area contributed by atoms with Crippen LogP contribution in [0.2, 0.25) is 0 Å². The number of hydrogen-bond donors (Lipinski definition) is 0. The van der Waals surface area contributed by atoms with E-state index in [-0.39, 0.29) is 43.1 Å². The zero-order chi connectivity index (χ0) is 41.4. The van der Waals surface area contributed by atoms with E-state index in [1.54, 1.807) is 21.1 Å². The Morgan fingerprint density at radius 1 is 0.571 bits per heavy atom. The number of nitrogens with zero attached hydrogens (tertiary/aromatic N) is 1. The van der Waals surface area contributed by atoms with E-state index in [2.05, 4.69) is 86.8 Å². The van der Waals surface area contributed by atoms with Crippen molar-refractivity contribution in [2.45, 2.75) is 161 Å². The van der Waals surface area contributed by atoms with Gasteiger partial charge in [-0.15, -0.1) is 0 Å². The second-order valence-corrected chi connectivity index (χ2v) is 15.2. The van der Waals surface area contributed by atoms with Crippen molar-refractivity contribution in [1.29, 1.82) is 0 Å². The van der Waals surface area contributed by atoms with Crippen molar-refractivity contribution < 1.29 is 38.2 Å². The minimum atomic E-state index is -1.14. The van der Waals surface area contributed by atoms with Crippen LogP contribution in [-0.4, -0.2) is 75.5 Å². The highest BCUT2D eigenvalue weighted by atomic mass is 16.6. The lowest BCUT2D eigenvalue weighted by atomic mass is 10.1. The number of carboxylic acids is 1. The molecule has 0 aromatic carbocycles. The predicted molar refractivity (Wildman–Crippen MR) is 231 cm³/mol. The molecule has 56 heavy (non-hydrogen) atoms. The number of aliphatic carboxylic acids is 1. The maximum atomic E-state index is 12.7. The summed E-state index contributed by atoms with van der Waals surface area (Å²) in [6.07, 6.45) is 49.1. The molecule has 0 aliphatic rings. The number of esters is 2. The van der Waals surface area contributed by atoms with Gasteiger partial charge in [0.1, 0.15) is 12.6 Å². The third kappa shape index (κ3) is 36.2. The van der Waals surface area contributed by atoms with Gasteiger partial charge in [-0.05, 0) is 70.6 Å². The van der Waals surface area contributed by atoms with E-state index in [0.29, 0.717) is 12.8 Å². The van der Waals surface area contributed by atoms with Gasteiger partial charge < -0.3 is 28.6 Å². The standard InChI is InChI=1S/C48H79NO7/c1-6-8-10-12-14-16-18-20-22-24-26-28-30-32-34-36-38-46(50)55-43-44(42-54-41-40-45(48(52)53)49(3,4)5)56-47(51)39-37-35-33-31-29-27-25-23-21-19-17-15-13-11-9-7-2/h9,11,15,17,21-24,26-29,33,35,44-45H,6-8,10,12-14,16,18-20,25,30-32,34,36-43H2,1-5H3/b11-9+,17-15+,23-21+,24-22+,28-26+,29-27+,35-33+. The fraction of sp³-hybridized carbons (Fsp3) is 0.646. The molecule has 2 unspecified atom stereocenters. The van der Waals surface area contributed by atoms with Crippen molar-refractivity contribution in [3.8, 4) is 0 Å². The van der Waals surface area contributed by atoms with Gasteiger partial charge in [-0.1, -0.05) is 144 Å². The Hall–Kier alpha value is -3.49. The third-order valence-electron chi connectivity index (χ3n) is 9.06. The fourth-order valence-corrected chi connectivity index (χ4v) is 5.70. The Morgan fingerprint density at radius 2 is 1.09 bits per heavy atom. The van der Waals surface area contributed by atoms with Crippen LogP contribution < -0.4 is 5.11 Å². The van der Waals surface area contributed by atoms with Crippen LogP contribution in [0.15, 0.2) is 85.1 Å². The zero-order valence-corrected chi connectivity index (χ0v) is 36.0. The number of rotatable bonds is 37. The van der Waals surface area contributed by atoms with Crippen LogP contribution in [0.4, 0.5) is 0 Å². The summed E-state index contributed by atoms with van der Waals surface area (Å²) in [5, 5.41) is 11.6. The predicted octanol–water partition coefficient (Wildman–Crippen LogP) is 10.4. The Morgan fingerprint density at radius 3 is 1.62 bits per heavy atom. The molecule has 2 atom stereocenters. The number of quaternary nitrogens is 1. The van der Waals surface area contributed by atoms with Crippen LogP contribution in [-0.2, 0) is 28.6 Å². The molecule has 0 amide bonds. The number of unbranched alkanes of at least 4 members (excludes halogenated alkanes) is 10. The largest absolute Gasteiger partial charge is 0.544 e. The van der Waals surface area contributed by atoms with Gasteiger partial charge in [-0.25, -0.2) is 0 Å². The van der Waals surface area contributed by atoms with Crippen LogP contribution in [0.25, 0.3) is 0 Å². The van der Waals surface area contributed by atoms with Gasteiger partial charge in [0.25, 0.3) is 0 Å². The highest BCUT2D eigenvalue weighted by molar-refractivity contribution is 5.70. The van der Waals surface area contributed by atoms with E-state index in [1.165, 1.54) is 44.9 Å². The Labute approximate surface area is 342 Å². The topological polar surface area (TPSA) is 102 Å². The summed E-state index contributed by atoms with van der Waals surface area (Å²) in [6.45, 7) is 4.41. The molecule has 0 aliphatic carbocycles. The summed E-state index contributed by atoms with van der Waals surface area (Å²) in [4.78, 5) is 36.8. The molecule has 0 saturated carbocycles. The van der Waals surface area contributed by atoms with Crippen molar-refractivity contribution in [1.82, 2.24) is 0 Å². The van der Waals surface area contributed by atoms with Gasteiger partial charge in [0.2, 0.25) is 0 Å². The minimum absolute atomic E-state index is 0.00255. The van der Waals surface area contributed by atoms with Crippen molar-refractivity contribution >= 4 is 17.9 Å². The van der Waals surface area contributed by atoms with Crippen LogP contribution >= 0.6 is 0 Å². The number of allylic oxidation sites excluding steroid dienone is 14. The molecule has 8 heteroatoms. The molecule has 0 radical (unpaired) electrons. The summed E-state index contributed by atoms with van der Waals surface area (Å²) in [7, 11) is 5.36. The number of carboxylic acid groups (broad SMARTS) is 1.